The average Bonchev–Trinajstić information content (AvgIpc) is 2.48. The molecule has 2 aromatic rings. The summed E-state index contributed by atoms with van der Waals surface area (Å²) in [6.45, 7) is 0.563. The van der Waals surface area contributed by atoms with Gasteiger partial charge >= 0.3 is 0 Å². The number of carbonyl (C=O) groups is 1. The van der Waals surface area contributed by atoms with E-state index in [-0.39, 0.29) is 11.7 Å². The van der Waals surface area contributed by atoms with Crippen molar-refractivity contribution >= 4 is 29.3 Å². The quantitative estimate of drug-likeness (QED) is 0.505. The van der Waals surface area contributed by atoms with Gasteiger partial charge in [0.05, 0.1) is 5.75 Å². The van der Waals surface area contributed by atoms with Gasteiger partial charge in [0.1, 0.15) is 0 Å². The Balaban J connectivity index is 1.70. The molecular weight excluding hydrogens is 308 g/mol. The molecule has 110 valence electrons. The van der Waals surface area contributed by atoms with Crippen LogP contribution in [0.25, 0.3) is 0 Å². The predicted molar refractivity (Wildman–Crippen MR) is 84.3 cm³/mol. The van der Waals surface area contributed by atoms with Crippen LogP contribution in [0.2, 0.25) is 5.02 Å². The zero-order chi connectivity index (χ0) is 15.1. The normalized spacial score (nSPS) is 10.3. The van der Waals surface area contributed by atoms with Crippen LogP contribution < -0.4 is 10.0 Å². The highest BCUT2D eigenvalue weighted by Gasteiger charge is 2.08. The molecule has 2 rings (SSSR count). The molecule has 0 atom stereocenters. The molecule has 0 bridgehead atoms. The predicted octanol–water partition coefficient (Wildman–Crippen LogP) is 2.42. The summed E-state index contributed by atoms with van der Waals surface area (Å²) in [5, 5.41) is 15.5. The van der Waals surface area contributed by atoms with Crippen molar-refractivity contribution < 1.29 is 9.52 Å². The summed E-state index contributed by atoms with van der Waals surface area (Å²) in [4.78, 5) is 11.7. The minimum atomic E-state index is -0.0854. The van der Waals surface area contributed by atoms with Crippen LogP contribution in [-0.2, 0) is 11.2 Å². The molecule has 1 aromatic carbocycles. The number of halogens is 1. The lowest BCUT2D eigenvalue weighted by Crippen LogP contribution is -2.30. The second kappa shape index (κ2) is 7.90. The van der Waals surface area contributed by atoms with Crippen molar-refractivity contribution in [2.24, 2.45) is 0 Å². The van der Waals surface area contributed by atoms with E-state index in [1.165, 1.54) is 18.0 Å². The number of nitrogens with zero attached hydrogens (tertiary/aromatic N) is 1. The van der Waals surface area contributed by atoms with Gasteiger partial charge in [-0.1, -0.05) is 23.7 Å². The fourth-order valence-electron chi connectivity index (χ4n) is 1.71. The van der Waals surface area contributed by atoms with Crippen LogP contribution in [0.15, 0.2) is 53.7 Å². The first-order valence-electron chi connectivity index (χ1n) is 6.47. The largest absolute Gasteiger partial charge is 0.618 e. The minimum Gasteiger partial charge on any atom is -0.618 e. The van der Waals surface area contributed by atoms with Crippen molar-refractivity contribution in [1.82, 2.24) is 5.32 Å². The van der Waals surface area contributed by atoms with Crippen LogP contribution in [0.4, 0.5) is 0 Å². The number of nitrogens with one attached hydrogen (secondary N) is 1. The number of carbonyl (C=O) groups excluding carboxylic acids is 1. The number of rotatable bonds is 6. The van der Waals surface area contributed by atoms with Crippen LogP contribution in [0, 0.1) is 5.21 Å². The number of thioether (sulfide) groups is 1. The van der Waals surface area contributed by atoms with Gasteiger partial charge in [-0.05, 0) is 41.9 Å². The Labute approximate surface area is 132 Å². The van der Waals surface area contributed by atoms with Gasteiger partial charge in [-0.2, -0.15) is 4.73 Å². The highest BCUT2D eigenvalue weighted by molar-refractivity contribution is 7.99. The maximum absolute atomic E-state index is 11.7. The third kappa shape index (κ3) is 5.28. The molecule has 0 aliphatic carbocycles. The Hall–Kier alpha value is -1.72. The number of benzene rings is 1. The third-order valence-electron chi connectivity index (χ3n) is 2.79. The first kappa shape index (κ1) is 15.7. The molecule has 0 unspecified atom stereocenters. The SMILES string of the molecule is O=C(CSc1cccc[n+]1[O-])NCCc1ccc(Cl)cc1. The van der Waals surface area contributed by atoms with E-state index >= 15 is 0 Å². The Morgan fingerprint density at radius 3 is 2.71 bits per heavy atom. The highest BCUT2D eigenvalue weighted by atomic mass is 35.5. The molecule has 0 fully saturated rings. The van der Waals surface area contributed by atoms with Gasteiger partial charge in [0, 0.05) is 23.7 Å². The van der Waals surface area contributed by atoms with E-state index < -0.39 is 0 Å². The lowest BCUT2D eigenvalue weighted by molar-refractivity contribution is -0.645. The van der Waals surface area contributed by atoms with Crippen molar-refractivity contribution in [1.29, 1.82) is 0 Å². The summed E-state index contributed by atoms with van der Waals surface area (Å²) >= 11 is 7.03. The van der Waals surface area contributed by atoms with Crippen LogP contribution in [0.3, 0.4) is 0 Å². The summed E-state index contributed by atoms with van der Waals surface area (Å²) in [6, 6.07) is 12.7. The van der Waals surface area contributed by atoms with Crippen LogP contribution in [-0.4, -0.2) is 18.2 Å². The second-order valence-corrected chi connectivity index (χ2v) is 5.81. The summed E-state index contributed by atoms with van der Waals surface area (Å²) in [5.74, 6) is 0.144. The number of pyridine rings is 1. The van der Waals surface area contributed by atoms with E-state index in [9.17, 15) is 10.0 Å². The third-order valence-corrected chi connectivity index (χ3v) is 4.06. The van der Waals surface area contributed by atoms with Crippen molar-refractivity contribution in [3.63, 3.8) is 0 Å². The van der Waals surface area contributed by atoms with E-state index in [4.69, 9.17) is 11.6 Å². The monoisotopic (exact) mass is 322 g/mol. The molecule has 0 aliphatic rings. The lowest BCUT2D eigenvalue weighted by Gasteiger charge is -2.06. The van der Waals surface area contributed by atoms with E-state index in [0.29, 0.717) is 16.6 Å². The van der Waals surface area contributed by atoms with Crippen molar-refractivity contribution in [2.45, 2.75) is 11.4 Å². The van der Waals surface area contributed by atoms with Crippen molar-refractivity contribution in [3.05, 3.63) is 64.5 Å². The van der Waals surface area contributed by atoms with E-state index in [2.05, 4.69) is 5.32 Å². The summed E-state index contributed by atoms with van der Waals surface area (Å²) in [6.07, 6.45) is 2.17. The molecule has 1 amide bonds. The van der Waals surface area contributed by atoms with Crippen LogP contribution >= 0.6 is 23.4 Å². The van der Waals surface area contributed by atoms with Gasteiger partial charge in [-0.15, -0.1) is 0 Å². The Kier molecular flexibility index (Phi) is 5.90. The van der Waals surface area contributed by atoms with Crippen LogP contribution in [0.5, 0.6) is 0 Å². The maximum Gasteiger partial charge on any atom is 0.251 e. The van der Waals surface area contributed by atoms with Crippen LogP contribution in [0.1, 0.15) is 5.56 Å². The van der Waals surface area contributed by atoms with Gasteiger partial charge in [0.2, 0.25) is 5.91 Å². The Bertz CT molecular complexity index is 605. The van der Waals surface area contributed by atoms with E-state index in [1.54, 1.807) is 18.2 Å². The first-order valence-corrected chi connectivity index (χ1v) is 7.83. The molecule has 0 spiro atoms. The molecule has 0 saturated heterocycles. The molecule has 0 radical (unpaired) electrons. The smallest absolute Gasteiger partial charge is 0.251 e. The highest BCUT2D eigenvalue weighted by Crippen LogP contribution is 2.12. The maximum atomic E-state index is 11.7. The summed E-state index contributed by atoms with van der Waals surface area (Å²) in [7, 11) is 0. The zero-order valence-electron chi connectivity index (χ0n) is 11.3. The van der Waals surface area contributed by atoms with Gasteiger partial charge in [-0.3, -0.25) is 4.79 Å². The topological polar surface area (TPSA) is 56.0 Å². The molecular formula is C15H15ClN2O2S. The molecule has 1 N–H and O–H groups in total. The van der Waals surface area contributed by atoms with Gasteiger partial charge < -0.3 is 10.5 Å². The number of aromatic nitrogens is 1. The van der Waals surface area contributed by atoms with E-state index in [0.717, 1.165) is 16.7 Å². The molecule has 4 nitrogen and oxygen atoms in total. The molecule has 6 heteroatoms. The van der Waals surface area contributed by atoms with Crippen molar-refractivity contribution in [2.75, 3.05) is 12.3 Å². The Morgan fingerprint density at radius 2 is 2.00 bits per heavy atom. The van der Waals surface area contributed by atoms with Crippen molar-refractivity contribution in [3.8, 4) is 0 Å². The fourth-order valence-corrected chi connectivity index (χ4v) is 2.58. The lowest BCUT2D eigenvalue weighted by atomic mass is 10.1. The standard InChI is InChI=1S/C15H15ClN2O2S/c16-13-6-4-12(5-7-13)8-9-17-14(19)11-21-15-3-1-2-10-18(15)20/h1-7,10H,8-9,11H2,(H,17,19). The molecule has 0 saturated carbocycles. The average molecular weight is 323 g/mol. The number of amides is 1. The number of hydrogen-bond acceptors (Lipinski definition) is 3. The van der Waals surface area contributed by atoms with Gasteiger partial charge in [0.15, 0.2) is 6.20 Å². The second-order valence-electron chi connectivity index (χ2n) is 4.38. The van der Waals surface area contributed by atoms with E-state index in [1.807, 2.05) is 24.3 Å². The van der Waals surface area contributed by atoms with Gasteiger partial charge in [-0.25, -0.2) is 0 Å². The minimum absolute atomic E-state index is 0.0854. The molecule has 1 heterocycles. The fraction of sp³-hybridized carbons (Fsp3) is 0.200. The van der Waals surface area contributed by atoms with Gasteiger partial charge in [0.25, 0.3) is 5.03 Å². The first-order chi connectivity index (χ1) is 10.1. The molecule has 21 heavy (non-hydrogen) atoms. The summed E-state index contributed by atoms with van der Waals surface area (Å²) in [5.41, 5.74) is 1.12. The summed E-state index contributed by atoms with van der Waals surface area (Å²) < 4.78 is 0.756. The molecule has 1 aromatic heterocycles. The molecule has 0 aliphatic heterocycles. The Morgan fingerprint density at radius 1 is 1.24 bits per heavy atom. The zero-order valence-corrected chi connectivity index (χ0v) is 12.9. The number of hydrogen-bond donors (Lipinski definition) is 1.